The fraction of sp³-hybridized carbons (Fsp3) is 0.0492. The number of allylic oxidation sites excluding steroid dienone is 1. The fourth-order valence-corrected chi connectivity index (χ4v) is 11.2. The molecule has 0 fully saturated rings. The molecule has 0 N–H and O–H groups in total. The normalized spacial score (nSPS) is 13.7. The molecule has 0 aliphatic heterocycles. The van der Waals surface area contributed by atoms with Crippen LogP contribution in [0.15, 0.2) is 224 Å². The largest absolute Gasteiger partial charge is 0.310 e. The summed E-state index contributed by atoms with van der Waals surface area (Å²) in [5.41, 5.74) is 23.5. The Morgan fingerprint density at radius 1 is 0.397 bits per heavy atom. The highest BCUT2D eigenvalue weighted by molar-refractivity contribution is 5.97. The van der Waals surface area contributed by atoms with E-state index in [-0.39, 0.29) is 0 Å². The summed E-state index contributed by atoms with van der Waals surface area (Å²) in [7, 11) is 0. The molecule has 13 rings (SSSR count). The molecule has 0 saturated heterocycles. The van der Waals surface area contributed by atoms with E-state index in [0.29, 0.717) is 0 Å². The van der Waals surface area contributed by atoms with Gasteiger partial charge in [0.2, 0.25) is 0 Å². The quantitative estimate of drug-likeness (QED) is 0.163. The molecule has 3 aliphatic rings. The van der Waals surface area contributed by atoms with Crippen LogP contribution in [0.2, 0.25) is 0 Å². The number of fused-ring (bicyclic) bond motifs is 13. The first-order chi connectivity index (χ1) is 31.3. The summed E-state index contributed by atoms with van der Waals surface area (Å²) in [6.07, 6.45) is 6.79. The topological polar surface area (TPSA) is 8.17 Å². The van der Waals surface area contributed by atoms with Crippen molar-refractivity contribution in [3.63, 3.8) is 0 Å². The van der Waals surface area contributed by atoms with Gasteiger partial charge in [-0.2, -0.15) is 0 Å². The third kappa shape index (κ3) is 5.31. The Morgan fingerprint density at radius 2 is 0.873 bits per heavy atom. The Labute approximate surface area is 368 Å². The Bertz CT molecular complexity index is 3360. The summed E-state index contributed by atoms with van der Waals surface area (Å²) >= 11 is 0. The molecule has 1 spiro atoms. The Hall–Kier alpha value is -7.94. The van der Waals surface area contributed by atoms with E-state index in [4.69, 9.17) is 0 Å². The first-order valence-corrected chi connectivity index (χ1v) is 22.1. The van der Waals surface area contributed by atoms with Crippen LogP contribution in [0.1, 0.15) is 39.9 Å². The number of hydrogen-bond donors (Lipinski definition) is 0. The first-order valence-electron chi connectivity index (χ1n) is 22.1. The van der Waals surface area contributed by atoms with E-state index in [9.17, 15) is 0 Å². The number of hydrogen-bond acceptors (Lipinski definition) is 1. The van der Waals surface area contributed by atoms with Crippen molar-refractivity contribution < 1.29 is 0 Å². The summed E-state index contributed by atoms with van der Waals surface area (Å²) in [5, 5.41) is 1.36. The van der Waals surface area contributed by atoms with Gasteiger partial charge in [0.05, 0.1) is 10.9 Å². The summed E-state index contributed by atoms with van der Waals surface area (Å²) < 4.78 is 2.43. The van der Waals surface area contributed by atoms with Crippen molar-refractivity contribution in [2.45, 2.75) is 18.3 Å². The van der Waals surface area contributed by atoms with Crippen LogP contribution >= 0.6 is 0 Å². The van der Waals surface area contributed by atoms with E-state index in [2.05, 4.69) is 240 Å². The molecule has 0 bridgehead atoms. The molecule has 63 heavy (non-hydrogen) atoms. The van der Waals surface area contributed by atoms with Gasteiger partial charge in [0.1, 0.15) is 0 Å². The minimum absolute atomic E-state index is 0.420. The summed E-state index contributed by atoms with van der Waals surface area (Å²) in [6, 6.07) is 81.0. The van der Waals surface area contributed by atoms with Gasteiger partial charge in [-0.25, -0.2) is 0 Å². The number of benzene rings is 9. The molecule has 0 amide bonds. The SMILES string of the molecule is C1=Cc2c(c3ccccc3n2-c2ccc(-c3ccc(N(c4ccc(-c5ccccc5)cc4)c4ccc5c(c4)C4(c6ccccc6-c6ccccc64)c4ccccc4-5)cc3)cc2)CC1. The van der Waals surface area contributed by atoms with E-state index in [1.165, 1.54) is 94.6 Å². The molecule has 2 nitrogen and oxygen atoms in total. The van der Waals surface area contributed by atoms with Gasteiger partial charge >= 0.3 is 0 Å². The van der Waals surface area contributed by atoms with Gasteiger partial charge in [-0.05, 0) is 146 Å². The highest BCUT2D eigenvalue weighted by atomic mass is 15.1. The van der Waals surface area contributed by atoms with Crippen LogP contribution in [0.3, 0.4) is 0 Å². The average molecular weight is 803 g/mol. The third-order valence-corrected chi connectivity index (χ3v) is 13.9. The fourth-order valence-electron chi connectivity index (χ4n) is 11.2. The van der Waals surface area contributed by atoms with Crippen LogP contribution in [0.5, 0.6) is 0 Å². The average Bonchev–Trinajstić information content (AvgIpc) is 3.97. The molecule has 2 heteroatoms. The van der Waals surface area contributed by atoms with Crippen molar-refractivity contribution >= 4 is 34.0 Å². The number of nitrogens with zero attached hydrogens (tertiary/aromatic N) is 2. The predicted octanol–water partition coefficient (Wildman–Crippen LogP) is 15.7. The molecular formula is C61H42N2. The maximum atomic E-state index is 2.48. The van der Waals surface area contributed by atoms with Crippen LogP contribution in [-0.4, -0.2) is 4.57 Å². The highest BCUT2D eigenvalue weighted by Crippen LogP contribution is 2.63. The summed E-state index contributed by atoms with van der Waals surface area (Å²) in [5.74, 6) is 0. The lowest BCUT2D eigenvalue weighted by atomic mass is 9.70. The number of anilines is 3. The number of rotatable bonds is 6. The first kappa shape index (κ1) is 35.8. The second kappa shape index (κ2) is 14.1. The van der Waals surface area contributed by atoms with E-state index in [1.807, 2.05) is 0 Å². The van der Waals surface area contributed by atoms with Crippen molar-refractivity contribution in [2.75, 3.05) is 4.90 Å². The Kier molecular flexibility index (Phi) is 7.98. The van der Waals surface area contributed by atoms with Crippen molar-refractivity contribution in [3.8, 4) is 50.2 Å². The van der Waals surface area contributed by atoms with Crippen molar-refractivity contribution in [2.24, 2.45) is 0 Å². The van der Waals surface area contributed by atoms with Crippen LogP contribution < -0.4 is 4.90 Å². The molecule has 0 saturated carbocycles. The lowest BCUT2D eigenvalue weighted by Crippen LogP contribution is -2.26. The van der Waals surface area contributed by atoms with Gasteiger partial charge in [0.25, 0.3) is 0 Å². The zero-order valence-corrected chi connectivity index (χ0v) is 34.7. The molecule has 296 valence electrons. The van der Waals surface area contributed by atoms with Gasteiger partial charge < -0.3 is 9.47 Å². The molecule has 0 radical (unpaired) electrons. The maximum absolute atomic E-state index is 2.48. The molecule has 1 heterocycles. The van der Waals surface area contributed by atoms with Gasteiger partial charge in [-0.1, -0.05) is 170 Å². The van der Waals surface area contributed by atoms with Crippen LogP contribution in [0.25, 0.3) is 67.2 Å². The van der Waals surface area contributed by atoms with Crippen LogP contribution in [0, 0.1) is 0 Å². The molecule has 3 aliphatic carbocycles. The minimum atomic E-state index is -0.420. The molecule has 1 aromatic heterocycles. The lowest BCUT2D eigenvalue weighted by molar-refractivity contribution is 0.793. The van der Waals surface area contributed by atoms with Gasteiger partial charge in [-0.15, -0.1) is 0 Å². The molecular weight excluding hydrogens is 761 g/mol. The zero-order valence-electron chi connectivity index (χ0n) is 34.7. The third-order valence-electron chi connectivity index (χ3n) is 13.9. The standard InChI is InChI=1S/C61H42N2/c1-2-14-41(15-3-1)42-26-32-45(33-27-42)62(46-34-28-43(29-35-46)44-30-36-47(37-31-44)63-59-24-12-7-19-53(59)54-20-8-13-25-60(54)63)48-38-39-52-51-18-6-11-23-57(51)61(58(52)40-48)55-21-9-4-16-49(55)50-17-5-10-22-56(50)61/h1-7,9-19,21-40H,8,20H2. The second-order valence-electron chi connectivity index (χ2n) is 17.1. The predicted molar refractivity (Wildman–Crippen MR) is 262 cm³/mol. The second-order valence-corrected chi connectivity index (χ2v) is 17.1. The molecule has 0 unspecified atom stereocenters. The van der Waals surface area contributed by atoms with Crippen molar-refractivity contribution in [1.29, 1.82) is 0 Å². The van der Waals surface area contributed by atoms with E-state index in [0.717, 1.165) is 29.9 Å². The summed E-state index contributed by atoms with van der Waals surface area (Å²) in [6.45, 7) is 0. The molecule has 0 atom stereocenters. The van der Waals surface area contributed by atoms with Crippen molar-refractivity contribution in [3.05, 3.63) is 258 Å². The monoisotopic (exact) mass is 802 g/mol. The minimum Gasteiger partial charge on any atom is -0.310 e. The lowest BCUT2D eigenvalue weighted by Gasteiger charge is -2.32. The number of aryl methyl sites for hydroxylation is 1. The molecule has 10 aromatic rings. The van der Waals surface area contributed by atoms with E-state index in [1.54, 1.807) is 0 Å². The smallest absolute Gasteiger partial charge is 0.0726 e. The summed E-state index contributed by atoms with van der Waals surface area (Å²) in [4.78, 5) is 2.43. The number of para-hydroxylation sites is 1. The maximum Gasteiger partial charge on any atom is 0.0726 e. The Balaban J connectivity index is 0.932. The van der Waals surface area contributed by atoms with E-state index < -0.39 is 5.41 Å². The van der Waals surface area contributed by atoms with Gasteiger partial charge in [-0.3, -0.25) is 0 Å². The van der Waals surface area contributed by atoms with Crippen LogP contribution in [0.4, 0.5) is 17.1 Å². The van der Waals surface area contributed by atoms with E-state index >= 15 is 0 Å². The Morgan fingerprint density at radius 3 is 1.48 bits per heavy atom. The van der Waals surface area contributed by atoms with Gasteiger partial charge in [0, 0.05) is 33.8 Å². The van der Waals surface area contributed by atoms with Gasteiger partial charge in [0.15, 0.2) is 0 Å². The zero-order chi connectivity index (χ0) is 41.5. The van der Waals surface area contributed by atoms with Crippen LogP contribution in [-0.2, 0) is 11.8 Å². The number of aromatic nitrogens is 1. The molecule has 9 aromatic carbocycles. The van der Waals surface area contributed by atoms with Crippen molar-refractivity contribution in [1.82, 2.24) is 4.57 Å². The highest BCUT2D eigenvalue weighted by Gasteiger charge is 2.51.